The zero-order valence-electron chi connectivity index (χ0n) is 20.3. The molecule has 0 saturated carbocycles. The van der Waals surface area contributed by atoms with Crippen LogP contribution in [-0.4, -0.2) is 57.0 Å². The van der Waals surface area contributed by atoms with Crippen LogP contribution in [0.3, 0.4) is 0 Å². The molecule has 1 unspecified atom stereocenters. The number of hydrogen-bond acceptors (Lipinski definition) is 7. The van der Waals surface area contributed by atoms with Gasteiger partial charge < -0.3 is 17.0 Å². The molecule has 35 heavy (non-hydrogen) atoms. The molecule has 0 amide bonds. The van der Waals surface area contributed by atoms with Crippen LogP contribution in [0.2, 0.25) is 0 Å². The Morgan fingerprint density at radius 3 is 2.29 bits per heavy atom. The summed E-state index contributed by atoms with van der Waals surface area (Å²) in [6.45, 7) is 0.514. The average molecular weight is 530 g/mol. The molecule has 0 aliphatic rings. The minimum absolute atomic E-state index is 0. The Bertz CT molecular complexity index is 1310. The second kappa shape index (κ2) is 14.1. The van der Waals surface area contributed by atoms with Crippen molar-refractivity contribution in [2.24, 2.45) is 0 Å². The molecule has 0 aliphatic carbocycles. The van der Waals surface area contributed by atoms with Gasteiger partial charge in [-0.05, 0) is 36.9 Å². The third-order valence-electron chi connectivity index (χ3n) is 4.26. The second-order valence-electron chi connectivity index (χ2n) is 6.71. The second-order valence-corrected chi connectivity index (χ2v) is 9.88. The number of carbonyl (C=O) groups is 2. The number of aliphatic carboxylic acids is 2. The fourth-order valence-corrected chi connectivity index (χ4v) is 4.99. The van der Waals surface area contributed by atoms with Crippen LogP contribution in [0.25, 0.3) is 11.3 Å². The summed E-state index contributed by atoms with van der Waals surface area (Å²) in [6, 6.07) is 12.0. The van der Waals surface area contributed by atoms with E-state index in [2.05, 4.69) is 10.3 Å². The van der Waals surface area contributed by atoms with Gasteiger partial charge in [-0.1, -0.05) is 18.2 Å². The molecular formula is C22H24N3NaO7S2. The van der Waals surface area contributed by atoms with Crippen LogP contribution in [0.1, 0.15) is 6.99 Å². The summed E-state index contributed by atoms with van der Waals surface area (Å²) in [5.74, 6) is -2.51. The molecule has 0 aliphatic heterocycles. The van der Waals surface area contributed by atoms with E-state index in [0.29, 0.717) is 34.8 Å². The topological polar surface area (TPSA) is 156 Å². The molecule has 182 valence electrons. The Kier molecular flexibility index (Phi) is 12.2. The number of carboxylic acid groups (broad SMARTS) is 2. The molecule has 0 spiro atoms. The molecule has 13 heteroatoms. The SMILES string of the molecule is CNCc1cc(-c2ccccc2S(C)=O)n(S(=O)(=O)c2cccnc2)c1.O=C(O)/C=C/C(=O)O.[H-].[Na+]. The van der Waals surface area contributed by atoms with Crippen LogP contribution >= 0.6 is 0 Å². The van der Waals surface area contributed by atoms with Gasteiger partial charge in [0.1, 0.15) is 4.90 Å². The van der Waals surface area contributed by atoms with E-state index in [9.17, 15) is 22.2 Å². The van der Waals surface area contributed by atoms with Gasteiger partial charge in [-0.15, -0.1) is 0 Å². The van der Waals surface area contributed by atoms with E-state index in [1.807, 2.05) is 0 Å². The van der Waals surface area contributed by atoms with E-state index < -0.39 is 32.8 Å². The van der Waals surface area contributed by atoms with Gasteiger partial charge in [-0.2, -0.15) is 0 Å². The molecule has 0 fully saturated rings. The minimum Gasteiger partial charge on any atom is -1.00 e. The molecule has 0 bridgehead atoms. The standard InChI is InChI=1S/C18H19N3O3S2.C4H4O4.Na.H/c1-19-11-14-10-17(16-7-3-4-8-18(16)25(2)22)21(13-14)26(23,24)15-6-5-9-20-12-15;5-3(6)1-2-4(7)8;;/h3-10,12-13,19H,11H2,1-2H3;1-2H,(H,5,6)(H,7,8);;/q;;+1;-1/b;2-1+;;. The number of nitrogens with zero attached hydrogens (tertiary/aromatic N) is 2. The molecule has 3 N–H and O–H groups in total. The van der Waals surface area contributed by atoms with Crippen LogP contribution in [0, 0.1) is 0 Å². The largest absolute Gasteiger partial charge is 1.00 e. The number of hydrogen-bond donors (Lipinski definition) is 3. The van der Waals surface area contributed by atoms with Gasteiger partial charge in [-0.3, -0.25) is 9.19 Å². The third kappa shape index (κ3) is 8.53. The van der Waals surface area contributed by atoms with E-state index in [4.69, 9.17) is 10.2 Å². The number of aromatic nitrogens is 2. The van der Waals surface area contributed by atoms with Crippen LogP contribution in [0.5, 0.6) is 0 Å². The van der Waals surface area contributed by atoms with Gasteiger partial charge in [0.05, 0.1) is 16.5 Å². The van der Waals surface area contributed by atoms with Crippen molar-refractivity contribution in [2.45, 2.75) is 16.3 Å². The van der Waals surface area contributed by atoms with Gasteiger partial charge >= 0.3 is 41.5 Å². The molecule has 10 nitrogen and oxygen atoms in total. The smallest absolute Gasteiger partial charge is 1.00 e. The molecule has 1 aromatic carbocycles. The van der Waals surface area contributed by atoms with E-state index in [1.165, 1.54) is 22.4 Å². The van der Waals surface area contributed by atoms with Crippen LogP contribution < -0.4 is 34.9 Å². The predicted octanol–water partition coefficient (Wildman–Crippen LogP) is -0.928. The Balaban J connectivity index is 0.00000107. The van der Waals surface area contributed by atoms with E-state index in [-0.39, 0.29) is 35.9 Å². The van der Waals surface area contributed by atoms with Crippen molar-refractivity contribution in [2.75, 3.05) is 13.3 Å². The fourth-order valence-electron chi connectivity index (χ4n) is 2.88. The van der Waals surface area contributed by atoms with Gasteiger partial charge in [0.25, 0.3) is 10.0 Å². The van der Waals surface area contributed by atoms with Gasteiger partial charge in [0, 0.05) is 54.0 Å². The minimum atomic E-state index is -3.83. The summed E-state index contributed by atoms with van der Waals surface area (Å²) in [5, 5.41) is 18.6. The quantitative estimate of drug-likeness (QED) is 0.248. The summed E-state index contributed by atoms with van der Waals surface area (Å²) in [5.41, 5.74) is 1.92. The van der Waals surface area contributed by atoms with Gasteiger partial charge in [-0.25, -0.2) is 22.0 Å². The van der Waals surface area contributed by atoms with Gasteiger partial charge in [0.2, 0.25) is 0 Å². The van der Waals surface area contributed by atoms with Crippen LogP contribution in [0.4, 0.5) is 0 Å². The number of nitrogens with one attached hydrogen (secondary N) is 1. The van der Waals surface area contributed by atoms with Crippen molar-refractivity contribution in [1.29, 1.82) is 0 Å². The van der Waals surface area contributed by atoms with Crippen molar-refractivity contribution in [3.63, 3.8) is 0 Å². The Labute approximate surface area is 229 Å². The maximum atomic E-state index is 13.2. The Hall–Kier alpha value is -2.61. The first-order valence-corrected chi connectivity index (χ1v) is 12.7. The number of pyridine rings is 1. The Morgan fingerprint density at radius 2 is 1.77 bits per heavy atom. The van der Waals surface area contributed by atoms with Crippen molar-refractivity contribution in [1.82, 2.24) is 14.3 Å². The van der Waals surface area contributed by atoms with E-state index in [1.54, 1.807) is 55.9 Å². The van der Waals surface area contributed by atoms with Crippen molar-refractivity contribution in [3.05, 3.63) is 78.8 Å². The fraction of sp³-hybridized carbons (Fsp3) is 0.136. The first-order chi connectivity index (χ1) is 16.1. The molecule has 3 aromatic rings. The summed E-state index contributed by atoms with van der Waals surface area (Å²) in [6.07, 6.45) is 7.13. The van der Waals surface area contributed by atoms with Crippen molar-refractivity contribution < 1.29 is 63.4 Å². The summed E-state index contributed by atoms with van der Waals surface area (Å²) in [4.78, 5) is 23.7. The Morgan fingerprint density at radius 1 is 1.14 bits per heavy atom. The molecule has 1 atom stereocenters. The number of carboxylic acids is 2. The average Bonchev–Trinajstić information content (AvgIpc) is 3.23. The predicted molar refractivity (Wildman–Crippen MR) is 127 cm³/mol. The summed E-state index contributed by atoms with van der Waals surface area (Å²) < 4.78 is 39.7. The van der Waals surface area contributed by atoms with E-state index >= 15 is 0 Å². The van der Waals surface area contributed by atoms with Crippen LogP contribution in [0.15, 0.2) is 83.0 Å². The molecule has 0 saturated heterocycles. The molecule has 2 aromatic heterocycles. The maximum Gasteiger partial charge on any atom is 1.00 e. The summed E-state index contributed by atoms with van der Waals surface area (Å²) in [7, 11) is -3.29. The zero-order valence-corrected chi connectivity index (χ0v) is 22.9. The zero-order chi connectivity index (χ0) is 25.3. The first kappa shape index (κ1) is 30.4. The summed E-state index contributed by atoms with van der Waals surface area (Å²) >= 11 is 0. The molecule has 2 heterocycles. The first-order valence-electron chi connectivity index (χ1n) is 9.66. The van der Waals surface area contributed by atoms with Crippen LogP contribution in [-0.2, 0) is 37.0 Å². The van der Waals surface area contributed by atoms with Gasteiger partial charge in [0.15, 0.2) is 0 Å². The van der Waals surface area contributed by atoms with Crippen molar-refractivity contribution in [3.8, 4) is 11.3 Å². The van der Waals surface area contributed by atoms with E-state index in [0.717, 1.165) is 5.56 Å². The monoisotopic (exact) mass is 529 g/mol. The number of benzene rings is 1. The molecule has 3 rings (SSSR count). The molecular weight excluding hydrogens is 505 g/mol. The normalized spacial score (nSPS) is 11.7. The maximum absolute atomic E-state index is 13.2. The third-order valence-corrected chi connectivity index (χ3v) is 6.89. The molecule has 0 radical (unpaired) electrons. The van der Waals surface area contributed by atoms with Crippen molar-refractivity contribution >= 4 is 32.8 Å². The number of rotatable bonds is 8.